The summed E-state index contributed by atoms with van der Waals surface area (Å²) < 4.78 is 2.08. The van der Waals surface area contributed by atoms with Gasteiger partial charge in [0, 0.05) is 5.75 Å². The van der Waals surface area contributed by atoms with E-state index in [0.29, 0.717) is 0 Å². The topological polar surface area (TPSA) is 51.8 Å². The molecule has 0 aromatic carbocycles. The van der Waals surface area contributed by atoms with E-state index in [-0.39, 0.29) is 0 Å². The summed E-state index contributed by atoms with van der Waals surface area (Å²) in [6, 6.07) is 0. The lowest BCUT2D eigenvalue weighted by Gasteiger charge is -1.91. The van der Waals surface area contributed by atoms with E-state index in [1.165, 1.54) is 0 Å². The lowest BCUT2D eigenvalue weighted by molar-refractivity contribution is 0.932. The molecule has 0 fully saturated rings. The SMILES string of the molecule is CSc1nnc(SCCCN)s1. The van der Waals surface area contributed by atoms with Crippen LogP contribution in [-0.4, -0.2) is 28.8 Å². The average Bonchev–Trinajstić information content (AvgIpc) is 2.53. The molecule has 0 radical (unpaired) electrons. The van der Waals surface area contributed by atoms with E-state index in [1.807, 2.05) is 6.26 Å². The van der Waals surface area contributed by atoms with Gasteiger partial charge in [0.05, 0.1) is 0 Å². The van der Waals surface area contributed by atoms with Crippen molar-refractivity contribution in [2.24, 2.45) is 5.73 Å². The Hall–Kier alpha value is 0.220. The second kappa shape index (κ2) is 5.80. The molecule has 0 amide bonds. The zero-order valence-electron chi connectivity index (χ0n) is 6.82. The molecule has 0 unspecified atom stereocenters. The summed E-state index contributed by atoms with van der Waals surface area (Å²) in [5.41, 5.74) is 5.37. The van der Waals surface area contributed by atoms with E-state index in [4.69, 9.17) is 5.73 Å². The number of hydrogen-bond donors (Lipinski definition) is 1. The molecule has 1 rings (SSSR count). The first-order chi connectivity index (χ1) is 5.86. The Morgan fingerprint density at radius 3 is 2.75 bits per heavy atom. The van der Waals surface area contributed by atoms with Gasteiger partial charge in [-0.15, -0.1) is 10.2 Å². The van der Waals surface area contributed by atoms with Crippen LogP contribution in [0, 0.1) is 0 Å². The Morgan fingerprint density at radius 2 is 2.17 bits per heavy atom. The van der Waals surface area contributed by atoms with Crippen LogP contribution in [0.5, 0.6) is 0 Å². The molecule has 12 heavy (non-hydrogen) atoms. The lowest BCUT2D eigenvalue weighted by Crippen LogP contribution is -1.99. The average molecular weight is 221 g/mol. The summed E-state index contributed by atoms with van der Waals surface area (Å²) in [7, 11) is 0. The van der Waals surface area contributed by atoms with E-state index in [9.17, 15) is 0 Å². The molecule has 0 aliphatic carbocycles. The zero-order valence-corrected chi connectivity index (χ0v) is 9.27. The van der Waals surface area contributed by atoms with Gasteiger partial charge >= 0.3 is 0 Å². The van der Waals surface area contributed by atoms with E-state index < -0.39 is 0 Å². The number of hydrogen-bond acceptors (Lipinski definition) is 6. The van der Waals surface area contributed by atoms with Crippen molar-refractivity contribution in [2.45, 2.75) is 15.1 Å². The van der Waals surface area contributed by atoms with Crippen LogP contribution in [0.3, 0.4) is 0 Å². The van der Waals surface area contributed by atoms with Crippen LogP contribution in [0.15, 0.2) is 8.68 Å². The summed E-state index contributed by atoms with van der Waals surface area (Å²) >= 11 is 5.01. The van der Waals surface area contributed by atoms with Crippen LogP contribution in [0.4, 0.5) is 0 Å². The van der Waals surface area contributed by atoms with Gasteiger partial charge in [-0.3, -0.25) is 0 Å². The molecule has 2 N–H and O–H groups in total. The van der Waals surface area contributed by atoms with Gasteiger partial charge < -0.3 is 5.73 Å². The first-order valence-electron chi connectivity index (χ1n) is 3.57. The summed E-state index contributed by atoms with van der Waals surface area (Å²) in [6.45, 7) is 0.751. The van der Waals surface area contributed by atoms with Crippen molar-refractivity contribution in [1.29, 1.82) is 0 Å². The molecule has 0 aliphatic heterocycles. The second-order valence-electron chi connectivity index (χ2n) is 2.03. The fraction of sp³-hybridized carbons (Fsp3) is 0.667. The van der Waals surface area contributed by atoms with E-state index in [0.717, 1.165) is 27.4 Å². The van der Waals surface area contributed by atoms with Crippen molar-refractivity contribution in [3.05, 3.63) is 0 Å². The molecule has 68 valence electrons. The van der Waals surface area contributed by atoms with Crippen LogP contribution in [0.25, 0.3) is 0 Å². The van der Waals surface area contributed by atoms with Crippen LogP contribution >= 0.6 is 34.9 Å². The highest BCUT2D eigenvalue weighted by atomic mass is 32.2. The molecule has 1 heterocycles. The van der Waals surface area contributed by atoms with Gasteiger partial charge in [-0.1, -0.05) is 34.9 Å². The summed E-state index contributed by atoms with van der Waals surface area (Å²) in [6.07, 6.45) is 3.05. The molecule has 0 saturated heterocycles. The van der Waals surface area contributed by atoms with Gasteiger partial charge in [0.2, 0.25) is 0 Å². The Kier molecular flexibility index (Phi) is 4.98. The molecule has 0 aliphatic rings. The largest absolute Gasteiger partial charge is 0.330 e. The lowest BCUT2D eigenvalue weighted by atomic mass is 10.5. The van der Waals surface area contributed by atoms with Gasteiger partial charge in [-0.25, -0.2) is 0 Å². The number of rotatable bonds is 5. The minimum Gasteiger partial charge on any atom is -0.330 e. The molecule has 0 saturated carbocycles. The van der Waals surface area contributed by atoms with Gasteiger partial charge in [-0.2, -0.15) is 0 Å². The van der Waals surface area contributed by atoms with Gasteiger partial charge in [-0.05, 0) is 19.2 Å². The van der Waals surface area contributed by atoms with Crippen molar-refractivity contribution in [1.82, 2.24) is 10.2 Å². The van der Waals surface area contributed by atoms with Crippen LogP contribution in [0.1, 0.15) is 6.42 Å². The molecule has 0 spiro atoms. The van der Waals surface area contributed by atoms with E-state index in [2.05, 4.69) is 10.2 Å². The van der Waals surface area contributed by atoms with Crippen LogP contribution in [-0.2, 0) is 0 Å². The number of aromatic nitrogens is 2. The highest BCUT2D eigenvalue weighted by Gasteiger charge is 2.01. The predicted octanol–water partition coefficient (Wildman–Crippen LogP) is 1.70. The molecule has 1 aromatic heterocycles. The van der Waals surface area contributed by atoms with Crippen LogP contribution < -0.4 is 5.73 Å². The molecular formula is C6H11N3S3. The number of thioether (sulfide) groups is 2. The first kappa shape index (κ1) is 10.3. The third kappa shape index (κ3) is 3.30. The molecule has 0 atom stereocenters. The third-order valence-corrected chi connectivity index (χ3v) is 4.25. The Morgan fingerprint density at radius 1 is 1.42 bits per heavy atom. The Labute approximate surface area is 84.5 Å². The summed E-state index contributed by atoms with van der Waals surface area (Å²) in [5, 5.41) is 8.02. The normalized spacial score (nSPS) is 10.5. The predicted molar refractivity (Wildman–Crippen MR) is 56.1 cm³/mol. The van der Waals surface area contributed by atoms with Crippen LogP contribution in [0.2, 0.25) is 0 Å². The maximum atomic E-state index is 5.37. The maximum absolute atomic E-state index is 5.37. The second-order valence-corrected chi connectivity index (χ2v) is 5.40. The monoisotopic (exact) mass is 221 g/mol. The van der Waals surface area contributed by atoms with E-state index >= 15 is 0 Å². The Balaban J connectivity index is 2.31. The zero-order chi connectivity index (χ0) is 8.81. The van der Waals surface area contributed by atoms with Crippen molar-refractivity contribution < 1.29 is 0 Å². The minimum atomic E-state index is 0.751. The third-order valence-electron chi connectivity index (χ3n) is 1.14. The van der Waals surface area contributed by atoms with Crippen molar-refractivity contribution in [2.75, 3.05) is 18.6 Å². The fourth-order valence-electron chi connectivity index (χ4n) is 0.581. The number of nitrogens with two attached hydrogens (primary N) is 1. The maximum Gasteiger partial charge on any atom is 0.175 e. The quantitative estimate of drug-likeness (QED) is 0.606. The summed E-state index contributed by atoms with van der Waals surface area (Å²) in [5.74, 6) is 1.04. The minimum absolute atomic E-state index is 0.751. The van der Waals surface area contributed by atoms with Gasteiger partial charge in [0.1, 0.15) is 0 Å². The molecule has 0 bridgehead atoms. The highest BCUT2D eigenvalue weighted by Crippen LogP contribution is 2.27. The summed E-state index contributed by atoms with van der Waals surface area (Å²) in [4.78, 5) is 0. The first-order valence-corrected chi connectivity index (χ1v) is 6.60. The van der Waals surface area contributed by atoms with Crippen molar-refractivity contribution in [3.8, 4) is 0 Å². The molecule has 6 heteroatoms. The van der Waals surface area contributed by atoms with Gasteiger partial charge in [0.15, 0.2) is 8.68 Å². The molecule has 3 nitrogen and oxygen atoms in total. The van der Waals surface area contributed by atoms with E-state index in [1.54, 1.807) is 34.9 Å². The van der Waals surface area contributed by atoms with Crippen molar-refractivity contribution in [3.63, 3.8) is 0 Å². The molecule has 1 aromatic rings. The van der Waals surface area contributed by atoms with Gasteiger partial charge in [0.25, 0.3) is 0 Å². The Bertz CT molecular complexity index is 226. The van der Waals surface area contributed by atoms with Crippen molar-refractivity contribution >= 4 is 34.9 Å². The number of nitrogens with zero attached hydrogens (tertiary/aromatic N) is 2. The smallest absolute Gasteiger partial charge is 0.175 e. The standard InChI is InChI=1S/C6H11N3S3/c1-10-5-8-9-6(12-5)11-4-2-3-7/h2-4,7H2,1H3. The molecular weight excluding hydrogens is 210 g/mol. The highest BCUT2D eigenvalue weighted by molar-refractivity contribution is 8.02. The fourth-order valence-corrected chi connectivity index (χ4v) is 3.05.